The van der Waals surface area contributed by atoms with Crippen LogP contribution in [0.25, 0.3) is 0 Å². The van der Waals surface area contributed by atoms with Crippen molar-refractivity contribution in [2.75, 3.05) is 18.6 Å². The van der Waals surface area contributed by atoms with E-state index in [9.17, 15) is 4.79 Å². The lowest BCUT2D eigenvalue weighted by molar-refractivity contribution is -0.131. The number of nitrogens with one attached hydrogen (secondary N) is 1. The summed E-state index contributed by atoms with van der Waals surface area (Å²) >= 11 is 3.61. The Morgan fingerprint density at radius 3 is 2.90 bits per heavy atom. The minimum absolute atomic E-state index is 0.0253. The fourth-order valence-corrected chi connectivity index (χ4v) is 4.02. The van der Waals surface area contributed by atoms with Crippen LogP contribution in [0.4, 0.5) is 0 Å². The highest BCUT2D eigenvalue weighted by Gasteiger charge is 2.41. The summed E-state index contributed by atoms with van der Waals surface area (Å²) in [6.07, 6.45) is 5.50. The topological polar surface area (TPSA) is 32.3 Å². The van der Waals surface area contributed by atoms with Gasteiger partial charge in [-0.3, -0.25) is 10.1 Å². The molecule has 1 fully saturated rings. The Bertz CT molecular complexity index is 435. The minimum Gasteiger partial charge on any atom is -0.321 e. The normalized spacial score (nSPS) is 23.8. The Labute approximate surface area is 136 Å². The molecule has 5 heteroatoms. The summed E-state index contributed by atoms with van der Waals surface area (Å²) in [5.41, 5.74) is 0. The van der Waals surface area contributed by atoms with Crippen molar-refractivity contribution in [3.05, 3.63) is 22.4 Å². The molecule has 21 heavy (non-hydrogen) atoms. The molecule has 0 aliphatic carbocycles. The Morgan fingerprint density at radius 1 is 1.48 bits per heavy atom. The van der Waals surface area contributed by atoms with Gasteiger partial charge in [-0.1, -0.05) is 26.3 Å². The monoisotopic (exact) mass is 326 g/mol. The fraction of sp³-hybridized carbons (Fsp3) is 0.688. The lowest BCUT2D eigenvalue weighted by atomic mass is 9.99. The van der Waals surface area contributed by atoms with Gasteiger partial charge in [-0.15, -0.1) is 11.3 Å². The average molecular weight is 327 g/mol. The van der Waals surface area contributed by atoms with Crippen LogP contribution in [0.15, 0.2) is 17.5 Å². The first kappa shape index (κ1) is 16.8. The first-order chi connectivity index (χ1) is 10.2. The van der Waals surface area contributed by atoms with Crippen molar-refractivity contribution < 1.29 is 4.79 Å². The first-order valence-electron chi connectivity index (χ1n) is 7.77. The third-order valence-corrected chi connectivity index (χ3v) is 5.84. The molecule has 0 aromatic carbocycles. The number of hydrogen-bond donors (Lipinski definition) is 1. The third kappa shape index (κ3) is 4.02. The Balaban J connectivity index is 2.06. The minimum atomic E-state index is -0.0253. The second-order valence-electron chi connectivity index (χ2n) is 5.68. The molecule has 118 valence electrons. The van der Waals surface area contributed by atoms with Gasteiger partial charge in [0.05, 0.1) is 6.04 Å². The van der Waals surface area contributed by atoms with E-state index in [0.717, 1.165) is 19.4 Å². The quantitative estimate of drug-likeness (QED) is 0.739. The number of hydrogen-bond acceptors (Lipinski definition) is 4. The molecule has 1 aromatic heterocycles. The zero-order chi connectivity index (χ0) is 15.2. The number of carbonyl (C=O) groups is 1. The predicted molar refractivity (Wildman–Crippen MR) is 92.8 cm³/mol. The van der Waals surface area contributed by atoms with Gasteiger partial charge in [0.15, 0.2) is 0 Å². The van der Waals surface area contributed by atoms with Gasteiger partial charge in [0.25, 0.3) is 0 Å². The van der Waals surface area contributed by atoms with Gasteiger partial charge in [0.2, 0.25) is 5.91 Å². The van der Waals surface area contributed by atoms with Gasteiger partial charge >= 0.3 is 0 Å². The SMILES string of the molecule is CCC(C)C1NC(c2cccs2)N(CCCCSC)C1=O. The van der Waals surface area contributed by atoms with Crippen molar-refractivity contribution >= 4 is 29.0 Å². The Hall–Kier alpha value is -0.520. The third-order valence-electron chi connectivity index (χ3n) is 4.22. The fourth-order valence-electron chi connectivity index (χ4n) is 2.73. The molecule has 0 saturated carbocycles. The van der Waals surface area contributed by atoms with Crippen LogP contribution in [0.3, 0.4) is 0 Å². The summed E-state index contributed by atoms with van der Waals surface area (Å²) in [4.78, 5) is 16.0. The zero-order valence-corrected chi connectivity index (χ0v) is 14.8. The van der Waals surface area contributed by atoms with E-state index >= 15 is 0 Å². The maximum absolute atomic E-state index is 12.7. The van der Waals surface area contributed by atoms with E-state index in [4.69, 9.17) is 0 Å². The van der Waals surface area contributed by atoms with E-state index in [2.05, 4.69) is 47.8 Å². The van der Waals surface area contributed by atoms with E-state index < -0.39 is 0 Å². The summed E-state index contributed by atoms with van der Waals surface area (Å²) in [7, 11) is 0. The van der Waals surface area contributed by atoms with E-state index in [1.165, 1.54) is 17.1 Å². The number of rotatable bonds is 8. The molecule has 2 heterocycles. The van der Waals surface area contributed by atoms with Crippen LogP contribution in [0, 0.1) is 5.92 Å². The van der Waals surface area contributed by atoms with Crippen LogP contribution in [-0.4, -0.2) is 35.4 Å². The summed E-state index contributed by atoms with van der Waals surface area (Å²) < 4.78 is 0. The average Bonchev–Trinajstić information content (AvgIpc) is 3.11. The van der Waals surface area contributed by atoms with Crippen LogP contribution < -0.4 is 5.32 Å². The molecule has 0 spiro atoms. The highest BCUT2D eigenvalue weighted by molar-refractivity contribution is 7.98. The van der Waals surface area contributed by atoms with Crippen molar-refractivity contribution in [3.63, 3.8) is 0 Å². The maximum Gasteiger partial charge on any atom is 0.241 e. The van der Waals surface area contributed by atoms with Crippen LogP contribution in [0.5, 0.6) is 0 Å². The smallest absolute Gasteiger partial charge is 0.241 e. The number of carbonyl (C=O) groups excluding carboxylic acids is 1. The molecule has 1 amide bonds. The summed E-state index contributed by atoms with van der Waals surface area (Å²) in [5, 5.41) is 5.65. The molecule has 0 radical (unpaired) electrons. The molecular weight excluding hydrogens is 300 g/mol. The van der Waals surface area contributed by atoms with Gasteiger partial charge in [-0.25, -0.2) is 0 Å². The first-order valence-corrected chi connectivity index (χ1v) is 10.0. The zero-order valence-electron chi connectivity index (χ0n) is 13.2. The van der Waals surface area contributed by atoms with Crippen LogP contribution in [-0.2, 0) is 4.79 Å². The molecule has 3 atom stereocenters. The second kappa shape index (κ2) is 8.20. The van der Waals surface area contributed by atoms with E-state index in [1.807, 2.05) is 11.8 Å². The van der Waals surface area contributed by atoms with Crippen molar-refractivity contribution in [1.82, 2.24) is 10.2 Å². The largest absolute Gasteiger partial charge is 0.321 e. The van der Waals surface area contributed by atoms with E-state index in [-0.39, 0.29) is 18.1 Å². The number of unbranched alkanes of at least 4 members (excludes halogenated alkanes) is 1. The number of thiophene rings is 1. The molecule has 2 rings (SSSR count). The highest BCUT2D eigenvalue weighted by Crippen LogP contribution is 2.31. The molecule has 1 aliphatic heterocycles. The van der Waals surface area contributed by atoms with Crippen LogP contribution in [0.1, 0.15) is 44.2 Å². The summed E-state index contributed by atoms with van der Waals surface area (Å²) in [6.45, 7) is 5.18. The van der Waals surface area contributed by atoms with Gasteiger partial charge < -0.3 is 4.90 Å². The lowest BCUT2D eigenvalue weighted by Gasteiger charge is -2.23. The van der Waals surface area contributed by atoms with Gasteiger partial charge in [0, 0.05) is 11.4 Å². The lowest BCUT2D eigenvalue weighted by Crippen LogP contribution is -2.35. The standard InChI is InChI=1S/C16H26N2OS2/c1-4-12(2)14-16(19)18(9-5-6-10-20-3)15(17-14)13-8-7-11-21-13/h7-8,11-12,14-15,17H,4-6,9-10H2,1-3H3. The molecule has 3 unspecified atom stereocenters. The number of nitrogens with zero attached hydrogens (tertiary/aromatic N) is 1. The molecular formula is C16H26N2OS2. The molecule has 1 aliphatic rings. The molecule has 1 N–H and O–H groups in total. The number of amides is 1. The Kier molecular flexibility index (Phi) is 6.58. The van der Waals surface area contributed by atoms with Gasteiger partial charge in [-0.2, -0.15) is 11.8 Å². The van der Waals surface area contributed by atoms with Gasteiger partial charge in [0.1, 0.15) is 6.17 Å². The van der Waals surface area contributed by atoms with Crippen molar-refractivity contribution in [3.8, 4) is 0 Å². The summed E-state index contributed by atoms with van der Waals surface area (Å²) in [5.74, 6) is 1.84. The van der Waals surface area contributed by atoms with Crippen molar-refractivity contribution in [2.45, 2.75) is 45.3 Å². The molecule has 0 bridgehead atoms. The van der Waals surface area contributed by atoms with Crippen LogP contribution >= 0.6 is 23.1 Å². The maximum atomic E-state index is 12.7. The highest BCUT2D eigenvalue weighted by atomic mass is 32.2. The molecule has 3 nitrogen and oxygen atoms in total. The van der Waals surface area contributed by atoms with Crippen molar-refractivity contribution in [1.29, 1.82) is 0 Å². The second-order valence-corrected chi connectivity index (χ2v) is 7.64. The van der Waals surface area contributed by atoms with E-state index in [0.29, 0.717) is 5.92 Å². The Morgan fingerprint density at radius 2 is 2.29 bits per heavy atom. The molecule has 1 aromatic rings. The summed E-state index contributed by atoms with van der Waals surface area (Å²) in [6, 6.07) is 4.17. The predicted octanol–water partition coefficient (Wildman–Crippen LogP) is 3.74. The van der Waals surface area contributed by atoms with Crippen LogP contribution in [0.2, 0.25) is 0 Å². The number of thioether (sulfide) groups is 1. The van der Waals surface area contributed by atoms with Gasteiger partial charge in [-0.05, 0) is 42.2 Å². The van der Waals surface area contributed by atoms with Crippen molar-refractivity contribution in [2.24, 2.45) is 5.92 Å². The molecule has 1 saturated heterocycles. The van der Waals surface area contributed by atoms with E-state index in [1.54, 1.807) is 11.3 Å².